The van der Waals surface area contributed by atoms with Crippen LogP contribution in [0.25, 0.3) is 0 Å². The van der Waals surface area contributed by atoms with Gasteiger partial charge in [0.15, 0.2) is 0 Å². The first kappa shape index (κ1) is 15.3. The normalized spacial score (nSPS) is 25.3. The van der Waals surface area contributed by atoms with Crippen LogP contribution < -0.4 is 5.32 Å². The average molecular weight is 310 g/mol. The minimum absolute atomic E-state index is 0.112. The zero-order chi connectivity index (χ0) is 14.5. The smallest absolute Gasteiger partial charge is 0.0964 e. The van der Waals surface area contributed by atoms with Gasteiger partial charge < -0.3 is 10.1 Å². The minimum Gasteiger partial charge on any atom is -0.375 e. The summed E-state index contributed by atoms with van der Waals surface area (Å²) in [6.07, 6.45) is 7.79. The second-order valence-electron chi connectivity index (χ2n) is 6.16. The number of nitrogens with one attached hydrogen (secondary N) is 1. The fourth-order valence-corrected chi connectivity index (χ4v) is 4.52. The molecular weight excluding hydrogens is 284 g/mol. The van der Waals surface area contributed by atoms with E-state index in [0.29, 0.717) is 6.04 Å². The van der Waals surface area contributed by atoms with Crippen molar-refractivity contribution < 1.29 is 4.74 Å². The van der Waals surface area contributed by atoms with Gasteiger partial charge in [-0.3, -0.25) is 0 Å². The number of hydrogen-bond acceptors (Lipinski definition) is 5. The van der Waals surface area contributed by atoms with Crippen molar-refractivity contribution in [1.29, 1.82) is 0 Å². The van der Waals surface area contributed by atoms with E-state index < -0.39 is 0 Å². The standard InChI is InChI=1S/C15H26N4OS/c1-2-6-16-11-13-12-19(18-17-13)14-3-7-20-15(10-14)4-8-21-9-5-15/h12,14,16H,2-11H2,1H3. The number of ether oxygens (including phenoxy) is 1. The first-order valence-electron chi connectivity index (χ1n) is 8.14. The molecule has 6 heteroatoms. The van der Waals surface area contributed by atoms with Gasteiger partial charge in [-0.2, -0.15) is 11.8 Å². The van der Waals surface area contributed by atoms with Gasteiger partial charge in [0.05, 0.1) is 23.5 Å². The molecule has 2 aliphatic rings. The van der Waals surface area contributed by atoms with Gasteiger partial charge in [0.25, 0.3) is 0 Å². The Morgan fingerprint density at radius 3 is 3.14 bits per heavy atom. The summed E-state index contributed by atoms with van der Waals surface area (Å²) in [5.74, 6) is 2.46. The average Bonchev–Trinajstić information content (AvgIpc) is 2.97. The Morgan fingerprint density at radius 2 is 2.33 bits per heavy atom. The van der Waals surface area contributed by atoms with Gasteiger partial charge >= 0.3 is 0 Å². The van der Waals surface area contributed by atoms with Crippen LogP contribution in [0.2, 0.25) is 0 Å². The molecule has 1 spiro atoms. The Labute approximate surface area is 131 Å². The van der Waals surface area contributed by atoms with Crippen LogP contribution >= 0.6 is 11.8 Å². The molecule has 2 aliphatic heterocycles. The molecule has 21 heavy (non-hydrogen) atoms. The summed E-state index contributed by atoms with van der Waals surface area (Å²) in [7, 11) is 0. The van der Waals surface area contributed by atoms with Crippen molar-refractivity contribution in [3.63, 3.8) is 0 Å². The van der Waals surface area contributed by atoms with Crippen LogP contribution in [0.4, 0.5) is 0 Å². The molecule has 1 aromatic heterocycles. The molecule has 1 N–H and O–H groups in total. The second kappa shape index (κ2) is 7.11. The summed E-state index contributed by atoms with van der Waals surface area (Å²) < 4.78 is 8.24. The van der Waals surface area contributed by atoms with E-state index in [1.54, 1.807) is 0 Å². The Balaban J connectivity index is 1.60. The van der Waals surface area contributed by atoms with E-state index in [0.717, 1.165) is 44.7 Å². The number of hydrogen-bond donors (Lipinski definition) is 1. The molecular formula is C15H26N4OS. The fourth-order valence-electron chi connectivity index (χ4n) is 3.29. The highest BCUT2D eigenvalue weighted by molar-refractivity contribution is 7.99. The van der Waals surface area contributed by atoms with Gasteiger partial charge in [-0.15, -0.1) is 5.10 Å². The molecule has 1 aromatic rings. The molecule has 1 atom stereocenters. The first-order chi connectivity index (χ1) is 10.3. The Kier molecular flexibility index (Phi) is 5.19. The molecule has 1 unspecified atom stereocenters. The third-order valence-electron chi connectivity index (χ3n) is 4.54. The van der Waals surface area contributed by atoms with E-state index in [2.05, 4.69) is 45.2 Å². The summed E-state index contributed by atoms with van der Waals surface area (Å²) in [5.41, 5.74) is 1.16. The first-order valence-corrected chi connectivity index (χ1v) is 9.30. The summed E-state index contributed by atoms with van der Waals surface area (Å²) >= 11 is 2.05. The molecule has 0 bridgehead atoms. The second-order valence-corrected chi connectivity index (χ2v) is 7.38. The highest BCUT2D eigenvalue weighted by atomic mass is 32.2. The molecule has 0 amide bonds. The van der Waals surface area contributed by atoms with Gasteiger partial charge in [0.2, 0.25) is 0 Å². The molecule has 3 rings (SSSR count). The highest BCUT2D eigenvalue weighted by Gasteiger charge is 2.39. The van der Waals surface area contributed by atoms with E-state index in [9.17, 15) is 0 Å². The van der Waals surface area contributed by atoms with Gasteiger partial charge in [0, 0.05) is 13.2 Å². The maximum absolute atomic E-state index is 6.16. The van der Waals surface area contributed by atoms with Crippen LogP contribution in [0.5, 0.6) is 0 Å². The van der Waals surface area contributed by atoms with Crippen LogP contribution in [0, 0.1) is 0 Å². The lowest BCUT2D eigenvalue weighted by atomic mass is 9.85. The largest absolute Gasteiger partial charge is 0.375 e. The number of nitrogens with zero attached hydrogens (tertiary/aromatic N) is 3. The lowest BCUT2D eigenvalue weighted by molar-refractivity contribution is -0.100. The zero-order valence-corrected chi connectivity index (χ0v) is 13.7. The van der Waals surface area contributed by atoms with E-state index in [1.165, 1.54) is 24.3 Å². The van der Waals surface area contributed by atoms with Crippen LogP contribution in [0.1, 0.15) is 50.8 Å². The number of thioether (sulfide) groups is 1. The molecule has 2 saturated heterocycles. The fraction of sp³-hybridized carbons (Fsp3) is 0.867. The van der Waals surface area contributed by atoms with Crippen molar-refractivity contribution >= 4 is 11.8 Å². The lowest BCUT2D eigenvalue weighted by Gasteiger charge is -2.43. The maximum Gasteiger partial charge on any atom is 0.0964 e. The Hall–Kier alpha value is -0.590. The molecule has 118 valence electrons. The number of rotatable bonds is 5. The molecule has 0 saturated carbocycles. The molecule has 0 aromatic carbocycles. The van der Waals surface area contributed by atoms with Crippen LogP contribution in [-0.2, 0) is 11.3 Å². The van der Waals surface area contributed by atoms with E-state index in [4.69, 9.17) is 4.74 Å². The van der Waals surface area contributed by atoms with Gasteiger partial charge in [-0.25, -0.2) is 4.68 Å². The minimum atomic E-state index is 0.112. The molecule has 5 nitrogen and oxygen atoms in total. The van der Waals surface area contributed by atoms with Gasteiger partial charge in [-0.05, 0) is 50.2 Å². The molecule has 2 fully saturated rings. The van der Waals surface area contributed by atoms with Crippen molar-refractivity contribution in [3.8, 4) is 0 Å². The summed E-state index contributed by atoms with van der Waals surface area (Å²) in [6.45, 7) is 4.89. The Morgan fingerprint density at radius 1 is 1.48 bits per heavy atom. The van der Waals surface area contributed by atoms with Crippen LogP contribution in [0.15, 0.2) is 6.20 Å². The zero-order valence-electron chi connectivity index (χ0n) is 12.9. The van der Waals surface area contributed by atoms with Crippen LogP contribution in [-0.4, -0.2) is 45.3 Å². The van der Waals surface area contributed by atoms with Crippen molar-refractivity contribution in [2.24, 2.45) is 0 Å². The lowest BCUT2D eigenvalue weighted by Crippen LogP contribution is -2.43. The van der Waals surface area contributed by atoms with E-state index >= 15 is 0 Å². The third-order valence-corrected chi connectivity index (χ3v) is 5.52. The highest BCUT2D eigenvalue weighted by Crippen LogP contribution is 2.41. The molecule has 3 heterocycles. The van der Waals surface area contributed by atoms with Crippen molar-refractivity contribution in [2.45, 2.75) is 57.2 Å². The summed E-state index contributed by atoms with van der Waals surface area (Å²) in [6, 6.07) is 0.453. The predicted molar refractivity (Wildman–Crippen MR) is 85.5 cm³/mol. The quantitative estimate of drug-likeness (QED) is 0.846. The van der Waals surface area contributed by atoms with E-state index in [1.807, 2.05) is 0 Å². The monoisotopic (exact) mass is 310 g/mol. The number of aromatic nitrogens is 3. The Bertz CT molecular complexity index is 439. The summed E-state index contributed by atoms with van der Waals surface area (Å²) in [4.78, 5) is 0. The summed E-state index contributed by atoms with van der Waals surface area (Å²) in [5, 5.41) is 12.0. The third kappa shape index (κ3) is 3.79. The van der Waals surface area contributed by atoms with Gasteiger partial charge in [0.1, 0.15) is 0 Å². The predicted octanol–water partition coefficient (Wildman–Crippen LogP) is 2.40. The molecule has 0 radical (unpaired) electrons. The topological polar surface area (TPSA) is 52.0 Å². The van der Waals surface area contributed by atoms with Crippen molar-refractivity contribution in [3.05, 3.63) is 11.9 Å². The van der Waals surface area contributed by atoms with Gasteiger partial charge in [-0.1, -0.05) is 12.1 Å². The maximum atomic E-state index is 6.16. The van der Waals surface area contributed by atoms with E-state index in [-0.39, 0.29) is 5.60 Å². The van der Waals surface area contributed by atoms with Crippen LogP contribution in [0.3, 0.4) is 0 Å². The van der Waals surface area contributed by atoms with Crippen molar-refractivity contribution in [1.82, 2.24) is 20.3 Å². The molecule has 0 aliphatic carbocycles. The SMILES string of the molecule is CCCNCc1cn(C2CCOC3(CCSCC3)C2)nn1. The van der Waals surface area contributed by atoms with Crippen molar-refractivity contribution in [2.75, 3.05) is 24.7 Å².